The average Bonchev–Trinajstić information content (AvgIpc) is 1.23. The number of carbonyl (C=O) groups is 4. The third-order valence-electron chi connectivity index (χ3n) is 17.5. The maximum Gasteiger partial charge on any atom is 0.472 e. The molecular weight excluding hydrogens is 1230 g/mol. The molecule has 0 aliphatic heterocycles. The van der Waals surface area contributed by atoms with Crippen molar-refractivity contribution in [3.63, 3.8) is 0 Å². The fourth-order valence-electron chi connectivity index (χ4n) is 11.5. The van der Waals surface area contributed by atoms with Gasteiger partial charge in [-0.15, -0.1) is 0 Å². The molecule has 0 aliphatic rings. The first-order valence-electron chi connectivity index (χ1n) is 39.1. The van der Waals surface area contributed by atoms with Crippen molar-refractivity contribution in [1.29, 1.82) is 0 Å². The number of aliphatic hydroxyl groups excluding tert-OH is 1. The summed E-state index contributed by atoms with van der Waals surface area (Å²) in [5.41, 5.74) is 0. The van der Waals surface area contributed by atoms with Crippen molar-refractivity contribution in [1.82, 2.24) is 0 Å². The number of ether oxygens (including phenoxy) is 4. The van der Waals surface area contributed by atoms with Crippen LogP contribution in [-0.2, 0) is 65.4 Å². The zero-order valence-corrected chi connectivity index (χ0v) is 62.9. The van der Waals surface area contributed by atoms with Crippen molar-refractivity contribution in [3.05, 3.63) is 0 Å². The Labute approximate surface area is 575 Å². The van der Waals surface area contributed by atoms with Gasteiger partial charge in [0, 0.05) is 25.7 Å². The van der Waals surface area contributed by atoms with Gasteiger partial charge in [-0.05, 0) is 31.6 Å². The molecule has 0 spiro atoms. The fourth-order valence-corrected chi connectivity index (χ4v) is 13.1. The lowest BCUT2D eigenvalue weighted by molar-refractivity contribution is -0.161. The van der Waals surface area contributed by atoms with Gasteiger partial charge in [-0.1, -0.05) is 343 Å². The average molecular weight is 1380 g/mol. The van der Waals surface area contributed by atoms with Gasteiger partial charge in [-0.25, -0.2) is 9.13 Å². The number of phosphoric acid groups is 2. The van der Waals surface area contributed by atoms with Gasteiger partial charge in [0.2, 0.25) is 0 Å². The third kappa shape index (κ3) is 68.6. The lowest BCUT2D eigenvalue weighted by Gasteiger charge is -2.21. The van der Waals surface area contributed by atoms with E-state index in [4.69, 9.17) is 37.0 Å². The molecule has 0 rings (SSSR count). The summed E-state index contributed by atoms with van der Waals surface area (Å²) in [6.45, 7) is 7.29. The van der Waals surface area contributed by atoms with Crippen LogP contribution in [0.3, 0.4) is 0 Å². The van der Waals surface area contributed by atoms with Crippen molar-refractivity contribution < 1.29 is 80.2 Å². The summed E-state index contributed by atoms with van der Waals surface area (Å²) < 4.78 is 68.4. The molecule has 2 unspecified atom stereocenters. The number of unbranched alkanes of at least 4 members (excludes halogenated alkanes) is 47. The first-order valence-corrected chi connectivity index (χ1v) is 42.1. The molecule has 558 valence electrons. The normalized spacial score (nSPS) is 14.0. The highest BCUT2D eigenvalue weighted by atomic mass is 31.2. The summed E-state index contributed by atoms with van der Waals surface area (Å²) in [6, 6.07) is 0. The minimum absolute atomic E-state index is 0.107. The van der Waals surface area contributed by atoms with Gasteiger partial charge in [0.15, 0.2) is 12.2 Å². The Bertz CT molecular complexity index is 1810. The molecule has 0 fully saturated rings. The van der Waals surface area contributed by atoms with E-state index in [9.17, 15) is 43.2 Å². The van der Waals surface area contributed by atoms with Gasteiger partial charge >= 0.3 is 39.5 Å². The van der Waals surface area contributed by atoms with E-state index in [1.54, 1.807) is 0 Å². The Hall–Kier alpha value is -1.94. The van der Waals surface area contributed by atoms with Crippen LogP contribution in [-0.4, -0.2) is 96.7 Å². The highest BCUT2D eigenvalue weighted by molar-refractivity contribution is 7.47. The van der Waals surface area contributed by atoms with Gasteiger partial charge in [0.1, 0.15) is 19.3 Å². The van der Waals surface area contributed by atoms with Crippen LogP contribution in [0, 0.1) is 5.92 Å². The van der Waals surface area contributed by atoms with E-state index in [-0.39, 0.29) is 25.7 Å². The molecule has 19 heteroatoms. The number of phosphoric ester groups is 2. The molecule has 0 aliphatic carbocycles. The van der Waals surface area contributed by atoms with Crippen molar-refractivity contribution in [3.8, 4) is 0 Å². The van der Waals surface area contributed by atoms with Gasteiger partial charge < -0.3 is 33.8 Å². The summed E-state index contributed by atoms with van der Waals surface area (Å²) in [4.78, 5) is 72.7. The molecule has 0 saturated heterocycles. The molecule has 0 amide bonds. The molecule has 0 saturated carbocycles. The SMILES string of the molecule is CCCCCCCCCCCCCCCCCCCC(=O)OC[C@H](COP(=O)(O)OC[C@@H](O)COP(=O)(O)OC[C@@H](COC(=O)CCCCCCCCCCC)OC(=O)CCCCCCCCCCCCC)OC(=O)CCCCCCCCCCCCCCCCC(C)C. The number of rotatable bonds is 75. The van der Waals surface area contributed by atoms with Crippen LogP contribution in [0.25, 0.3) is 0 Å². The quantitative estimate of drug-likeness (QED) is 0.0222. The van der Waals surface area contributed by atoms with E-state index >= 15 is 0 Å². The Morgan fingerprint density at radius 3 is 0.723 bits per heavy atom. The third-order valence-corrected chi connectivity index (χ3v) is 19.4. The zero-order chi connectivity index (χ0) is 69.1. The van der Waals surface area contributed by atoms with Gasteiger partial charge in [-0.2, -0.15) is 0 Å². The molecule has 0 bridgehead atoms. The summed E-state index contributed by atoms with van der Waals surface area (Å²) in [6.07, 6.45) is 56.8. The number of hydrogen-bond acceptors (Lipinski definition) is 15. The lowest BCUT2D eigenvalue weighted by atomic mass is 10.0. The van der Waals surface area contributed by atoms with Crippen LogP contribution in [0.1, 0.15) is 394 Å². The second-order valence-corrected chi connectivity index (χ2v) is 30.4. The second kappa shape index (κ2) is 68.2. The molecule has 5 atom stereocenters. The Balaban J connectivity index is 5.21. The Morgan fingerprint density at radius 2 is 0.489 bits per heavy atom. The minimum Gasteiger partial charge on any atom is -0.462 e. The van der Waals surface area contributed by atoms with Crippen molar-refractivity contribution in [2.75, 3.05) is 39.6 Å². The van der Waals surface area contributed by atoms with Crippen LogP contribution < -0.4 is 0 Å². The number of esters is 4. The molecule has 0 aromatic heterocycles. The van der Waals surface area contributed by atoms with Crippen molar-refractivity contribution in [2.24, 2.45) is 5.92 Å². The van der Waals surface area contributed by atoms with E-state index in [1.807, 2.05) is 0 Å². The maximum atomic E-state index is 13.1. The van der Waals surface area contributed by atoms with Gasteiger partial charge in [-0.3, -0.25) is 37.3 Å². The van der Waals surface area contributed by atoms with E-state index in [0.717, 1.165) is 95.8 Å². The predicted octanol–water partition coefficient (Wildman–Crippen LogP) is 22.1. The van der Waals surface area contributed by atoms with Gasteiger partial charge in [0.05, 0.1) is 26.4 Å². The highest BCUT2D eigenvalue weighted by Gasteiger charge is 2.30. The first-order chi connectivity index (χ1) is 45.5. The highest BCUT2D eigenvalue weighted by Crippen LogP contribution is 2.45. The fraction of sp³-hybridized carbons (Fsp3) is 0.947. The lowest BCUT2D eigenvalue weighted by Crippen LogP contribution is -2.30. The predicted molar refractivity (Wildman–Crippen MR) is 382 cm³/mol. The molecule has 3 N–H and O–H groups in total. The molecular formula is C75H146O17P2. The first kappa shape index (κ1) is 92.1. The number of carbonyl (C=O) groups excluding carboxylic acids is 4. The Kier molecular flexibility index (Phi) is 66.8. The largest absolute Gasteiger partial charge is 0.472 e. The second-order valence-electron chi connectivity index (χ2n) is 27.5. The monoisotopic (exact) mass is 1380 g/mol. The van der Waals surface area contributed by atoms with E-state index < -0.39 is 97.5 Å². The van der Waals surface area contributed by atoms with Crippen LogP contribution in [0.15, 0.2) is 0 Å². The molecule has 0 radical (unpaired) electrons. The summed E-state index contributed by atoms with van der Waals surface area (Å²) >= 11 is 0. The van der Waals surface area contributed by atoms with E-state index in [2.05, 4.69) is 34.6 Å². The van der Waals surface area contributed by atoms with Crippen molar-refractivity contribution in [2.45, 2.75) is 412 Å². The van der Waals surface area contributed by atoms with Crippen LogP contribution >= 0.6 is 15.6 Å². The topological polar surface area (TPSA) is 237 Å². The molecule has 0 aromatic carbocycles. The standard InChI is InChI=1S/C75H146O17P2/c1-6-9-12-15-18-21-23-24-25-26-27-31-35-39-44-49-54-59-73(78)86-65-71(92-75(80)61-56-51-46-41-36-32-29-28-30-34-38-42-47-52-57-68(4)5)67-90-94(83,84)88-63-69(76)62-87-93(81,82)89-66-70(64-85-72(77)58-53-48-43-37-20-17-14-11-8-3)91-74(79)60-55-50-45-40-33-22-19-16-13-10-7-2/h68-71,76H,6-67H2,1-5H3,(H,81,82)(H,83,84)/t69-,70+,71+/m0/s1. The molecule has 94 heavy (non-hydrogen) atoms. The van der Waals surface area contributed by atoms with Crippen LogP contribution in [0.2, 0.25) is 0 Å². The number of aliphatic hydroxyl groups is 1. The Morgan fingerprint density at radius 1 is 0.287 bits per heavy atom. The van der Waals surface area contributed by atoms with E-state index in [0.29, 0.717) is 25.7 Å². The van der Waals surface area contributed by atoms with Crippen LogP contribution in [0.4, 0.5) is 0 Å². The summed E-state index contributed by atoms with van der Waals surface area (Å²) in [5, 5.41) is 10.6. The molecule has 0 aromatic rings. The number of hydrogen-bond donors (Lipinski definition) is 3. The minimum atomic E-state index is -4.96. The van der Waals surface area contributed by atoms with E-state index in [1.165, 1.54) is 218 Å². The van der Waals surface area contributed by atoms with Crippen LogP contribution in [0.5, 0.6) is 0 Å². The van der Waals surface area contributed by atoms with Gasteiger partial charge in [0.25, 0.3) is 0 Å². The zero-order valence-electron chi connectivity index (χ0n) is 61.1. The summed E-state index contributed by atoms with van der Waals surface area (Å²) in [7, 11) is -9.90. The molecule has 0 heterocycles. The molecule has 17 nitrogen and oxygen atoms in total. The van der Waals surface area contributed by atoms with Crippen molar-refractivity contribution >= 4 is 39.5 Å². The smallest absolute Gasteiger partial charge is 0.462 e. The maximum absolute atomic E-state index is 13.1. The summed E-state index contributed by atoms with van der Waals surface area (Å²) in [5.74, 6) is -1.32.